The molecule has 1 aliphatic carbocycles. The first-order chi connectivity index (χ1) is 12.9. The van der Waals surface area contributed by atoms with Crippen molar-refractivity contribution in [3.63, 3.8) is 0 Å². The molecule has 3 N–H and O–H groups in total. The van der Waals surface area contributed by atoms with Gasteiger partial charge in [-0.3, -0.25) is 4.99 Å². The highest BCUT2D eigenvalue weighted by molar-refractivity contribution is 14.0. The number of nitrogens with one attached hydrogen (secondary N) is 2. The van der Waals surface area contributed by atoms with Crippen molar-refractivity contribution < 1.29 is 23.0 Å². The number of rotatable bonds is 8. The van der Waals surface area contributed by atoms with Crippen LogP contribution >= 0.6 is 24.0 Å². The third-order valence-electron chi connectivity index (χ3n) is 4.14. The molecule has 1 aromatic carbocycles. The number of nitrogens with zero attached hydrogens (tertiary/aromatic N) is 1. The largest absolute Gasteiger partial charge is 0.573 e. The van der Waals surface area contributed by atoms with E-state index in [1.165, 1.54) is 12.1 Å². The van der Waals surface area contributed by atoms with Crippen molar-refractivity contribution >= 4 is 29.9 Å². The highest BCUT2D eigenvalue weighted by Crippen LogP contribution is 2.23. The average molecular weight is 513 g/mol. The van der Waals surface area contributed by atoms with E-state index in [-0.39, 0.29) is 42.3 Å². The quantitative estimate of drug-likeness (QED) is 0.215. The predicted octanol–water partition coefficient (Wildman–Crippen LogP) is 3.63. The van der Waals surface area contributed by atoms with Crippen molar-refractivity contribution in [1.82, 2.24) is 10.6 Å². The summed E-state index contributed by atoms with van der Waals surface area (Å²) in [5.41, 5.74) is 0.816. The van der Waals surface area contributed by atoms with Gasteiger partial charge < -0.3 is 20.5 Å². The van der Waals surface area contributed by atoms with E-state index in [2.05, 4.69) is 32.5 Å². The van der Waals surface area contributed by atoms with E-state index in [1.807, 2.05) is 6.92 Å². The van der Waals surface area contributed by atoms with Gasteiger partial charge in [-0.05, 0) is 43.9 Å². The number of ether oxygens (including phenoxy) is 1. The standard InChI is InChI=1S/C19H26F3N3O2.HI/c1-2-23-18(25-16-5-3-4-6-16)24-12-15(13-26)11-14-7-9-17(10-8-14)27-19(20,21)22;/h3-4,7-10,15-16,26H,2,5-6,11-13H2,1H3,(H2,23,24,25);1H. The highest BCUT2D eigenvalue weighted by atomic mass is 127. The van der Waals surface area contributed by atoms with Crippen LogP contribution in [0.4, 0.5) is 13.2 Å². The Bertz CT molecular complexity index is 628. The van der Waals surface area contributed by atoms with Crippen molar-refractivity contribution in [2.45, 2.75) is 38.6 Å². The molecule has 0 saturated carbocycles. The molecule has 0 saturated heterocycles. The lowest BCUT2D eigenvalue weighted by molar-refractivity contribution is -0.274. The summed E-state index contributed by atoms with van der Waals surface area (Å²) < 4.78 is 40.5. The molecule has 158 valence electrons. The van der Waals surface area contributed by atoms with E-state index in [0.717, 1.165) is 24.9 Å². The molecule has 1 aromatic rings. The van der Waals surface area contributed by atoms with Crippen molar-refractivity contribution in [1.29, 1.82) is 0 Å². The molecular weight excluding hydrogens is 486 g/mol. The van der Waals surface area contributed by atoms with E-state index in [0.29, 0.717) is 25.0 Å². The number of aliphatic hydroxyl groups excluding tert-OH is 1. The van der Waals surface area contributed by atoms with Crippen LogP contribution in [0.3, 0.4) is 0 Å². The summed E-state index contributed by atoms with van der Waals surface area (Å²) in [4.78, 5) is 4.54. The molecule has 1 unspecified atom stereocenters. The van der Waals surface area contributed by atoms with Gasteiger partial charge in [0.25, 0.3) is 0 Å². The summed E-state index contributed by atoms with van der Waals surface area (Å²) in [6.45, 7) is 3.07. The Kier molecular flexibility index (Phi) is 10.7. The number of alkyl halides is 3. The number of aliphatic imine (C=N–C) groups is 1. The lowest BCUT2D eigenvalue weighted by atomic mass is 10.0. The van der Waals surface area contributed by atoms with E-state index in [1.54, 1.807) is 12.1 Å². The first-order valence-corrected chi connectivity index (χ1v) is 9.05. The molecule has 2 rings (SSSR count). The van der Waals surface area contributed by atoms with E-state index in [9.17, 15) is 18.3 Å². The maximum absolute atomic E-state index is 12.2. The molecule has 0 spiro atoms. The second-order valence-electron chi connectivity index (χ2n) is 6.45. The summed E-state index contributed by atoms with van der Waals surface area (Å²) in [5.74, 6) is 0.323. The van der Waals surface area contributed by atoms with Gasteiger partial charge in [0.2, 0.25) is 0 Å². The van der Waals surface area contributed by atoms with Crippen molar-refractivity contribution in [2.24, 2.45) is 10.9 Å². The monoisotopic (exact) mass is 513 g/mol. The van der Waals surface area contributed by atoms with Gasteiger partial charge in [-0.15, -0.1) is 37.1 Å². The lowest BCUT2D eigenvalue weighted by Crippen LogP contribution is -2.42. The van der Waals surface area contributed by atoms with Gasteiger partial charge in [0.05, 0.1) is 0 Å². The van der Waals surface area contributed by atoms with Crippen LogP contribution in [0.15, 0.2) is 41.4 Å². The number of aliphatic hydroxyl groups is 1. The average Bonchev–Trinajstić information content (AvgIpc) is 3.12. The molecular formula is C19H27F3IN3O2. The summed E-state index contributed by atoms with van der Waals surface area (Å²) in [5, 5.41) is 16.2. The summed E-state index contributed by atoms with van der Waals surface area (Å²) in [6, 6.07) is 6.03. The summed E-state index contributed by atoms with van der Waals surface area (Å²) in [7, 11) is 0. The highest BCUT2D eigenvalue weighted by Gasteiger charge is 2.30. The normalized spacial score (nSPS) is 15.8. The Labute approximate surface area is 180 Å². The first-order valence-electron chi connectivity index (χ1n) is 9.05. The fourth-order valence-electron chi connectivity index (χ4n) is 2.82. The first kappa shape index (κ1) is 24.5. The third kappa shape index (κ3) is 9.13. The maximum Gasteiger partial charge on any atom is 0.573 e. The molecule has 0 heterocycles. The Morgan fingerprint density at radius 3 is 2.43 bits per heavy atom. The second kappa shape index (κ2) is 12.2. The van der Waals surface area contributed by atoms with Crippen LogP contribution in [0.1, 0.15) is 25.3 Å². The van der Waals surface area contributed by atoms with Crippen molar-refractivity contribution in [3.05, 3.63) is 42.0 Å². The van der Waals surface area contributed by atoms with Crippen LogP contribution in [0, 0.1) is 5.92 Å². The smallest absolute Gasteiger partial charge is 0.406 e. The minimum absolute atomic E-state index is 0. The SMILES string of the molecule is CCNC(=NCC(CO)Cc1ccc(OC(F)(F)F)cc1)NC1CC=CC1.I. The summed E-state index contributed by atoms with van der Waals surface area (Å²) in [6.07, 6.45) is 1.99. The van der Waals surface area contributed by atoms with E-state index in [4.69, 9.17) is 0 Å². The fourth-order valence-corrected chi connectivity index (χ4v) is 2.82. The van der Waals surface area contributed by atoms with E-state index < -0.39 is 6.36 Å². The fraction of sp³-hybridized carbons (Fsp3) is 0.526. The number of hydrogen-bond acceptors (Lipinski definition) is 3. The molecule has 0 fully saturated rings. The van der Waals surface area contributed by atoms with Crippen LogP contribution in [-0.4, -0.2) is 43.2 Å². The van der Waals surface area contributed by atoms with Crippen LogP contribution in [-0.2, 0) is 6.42 Å². The molecule has 28 heavy (non-hydrogen) atoms. The van der Waals surface area contributed by atoms with Gasteiger partial charge in [0.1, 0.15) is 5.75 Å². The molecule has 1 aliphatic rings. The number of benzene rings is 1. The van der Waals surface area contributed by atoms with Crippen LogP contribution in [0.25, 0.3) is 0 Å². The molecule has 0 bridgehead atoms. The van der Waals surface area contributed by atoms with Gasteiger partial charge in [-0.25, -0.2) is 0 Å². The van der Waals surface area contributed by atoms with Gasteiger partial charge in [0, 0.05) is 31.7 Å². The van der Waals surface area contributed by atoms with Crippen LogP contribution < -0.4 is 15.4 Å². The van der Waals surface area contributed by atoms with Crippen molar-refractivity contribution in [3.8, 4) is 5.75 Å². The Morgan fingerprint density at radius 1 is 1.25 bits per heavy atom. The predicted molar refractivity (Wildman–Crippen MR) is 114 cm³/mol. The van der Waals surface area contributed by atoms with Gasteiger partial charge in [-0.2, -0.15) is 0 Å². The third-order valence-corrected chi connectivity index (χ3v) is 4.14. The number of guanidine groups is 1. The molecule has 0 amide bonds. The number of hydrogen-bond donors (Lipinski definition) is 3. The number of halogens is 4. The Morgan fingerprint density at radius 2 is 1.89 bits per heavy atom. The van der Waals surface area contributed by atoms with Crippen molar-refractivity contribution in [2.75, 3.05) is 19.7 Å². The Balaban J connectivity index is 0.00000392. The zero-order valence-corrected chi connectivity index (χ0v) is 18.0. The van der Waals surface area contributed by atoms with Gasteiger partial charge in [-0.1, -0.05) is 24.3 Å². The lowest BCUT2D eigenvalue weighted by Gasteiger charge is -2.18. The zero-order chi connectivity index (χ0) is 19.7. The topological polar surface area (TPSA) is 65.9 Å². The Hall–Kier alpha value is -1.49. The minimum atomic E-state index is -4.70. The van der Waals surface area contributed by atoms with Gasteiger partial charge >= 0.3 is 6.36 Å². The van der Waals surface area contributed by atoms with Gasteiger partial charge in [0.15, 0.2) is 5.96 Å². The van der Waals surface area contributed by atoms with E-state index >= 15 is 0 Å². The molecule has 5 nitrogen and oxygen atoms in total. The molecule has 0 aliphatic heterocycles. The van der Waals surface area contributed by atoms with Crippen LogP contribution in [0.5, 0.6) is 5.75 Å². The zero-order valence-electron chi connectivity index (χ0n) is 15.7. The summed E-state index contributed by atoms with van der Waals surface area (Å²) >= 11 is 0. The molecule has 9 heteroatoms. The molecule has 0 radical (unpaired) electrons. The molecule has 0 aromatic heterocycles. The van der Waals surface area contributed by atoms with Crippen LogP contribution in [0.2, 0.25) is 0 Å². The minimum Gasteiger partial charge on any atom is -0.406 e. The second-order valence-corrected chi connectivity index (χ2v) is 6.45. The molecule has 1 atom stereocenters. The maximum atomic E-state index is 12.2.